The minimum Gasteiger partial charge on any atom is -0.444 e. The summed E-state index contributed by atoms with van der Waals surface area (Å²) in [7, 11) is 0. The van der Waals surface area contributed by atoms with E-state index < -0.39 is 5.60 Å². The molecule has 0 aromatic heterocycles. The molecule has 1 amide bonds. The van der Waals surface area contributed by atoms with Crippen LogP contribution in [-0.2, 0) is 9.47 Å². The molecule has 0 atom stereocenters. The van der Waals surface area contributed by atoms with Crippen LogP contribution in [-0.4, -0.2) is 29.9 Å². The maximum atomic E-state index is 12.0. The molecule has 1 aliphatic rings. The predicted octanol–water partition coefficient (Wildman–Crippen LogP) is 4.52. The first-order chi connectivity index (χ1) is 9.65. The lowest BCUT2D eigenvalue weighted by atomic mass is 9.74. The molecule has 1 aliphatic carbocycles. The topological polar surface area (TPSA) is 47.6 Å². The van der Waals surface area contributed by atoms with Crippen molar-refractivity contribution >= 4 is 6.09 Å². The van der Waals surface area contributed by atoms with Gasteiger partial charge in [0.05, 0.1) is 18.2 Å². The third-order valence-corrected chi connectivity index (χ3v) is 3.72. The second kappa shape index (κ2) is 6.03. The Bertz CT molecular complexity index is 378. The van der Waals surface area contributed by atoms with Crippen LogP contribution in [0.1, 0.15) is 75.2 Å². The van der Waals surface area contributed by atoms with Crippen LogP contribution in [0.2, 0.25) is 0 Å². The van der Waals surface area contributed by atoms with Crippen molar-refractivity contribution in [1.82, 2.24) is 5.32 Å². The number of ether oxygens (including phenoxy) is 2. The molecule has 1 rings (SSSR count). The average molecular weight is 313 g/mol. The SMILES string of the molecule is CC(C)(C)OC(=O)NC1(COC(C(C)(C)C)C(C)(C)C)CC1. The van der Waals surface area contributed by atoms with Crippen LogP contribution >= 0.6 is 0 Å². The lowest BCUT2D eigenvalue weighted by Crippen LogP contribution is -2.47. The second-order valence-electron chi connectivity index (χ2n) is 9.83. The standard InChI is InChI=1S/C18H35NO3/c1-15(2,3)13(16(4,5)6)21-12-18(10-11-18)19-14(20)22-17(7,8)9/h13H,10-12H2,1-9H3,(H,19,20). The fourth-order valence-corrected chi connectivity index (χ4v) is 3.02. The number of nitrogens with one attached hydrogen (secondary N) is 1. The van der Waals surface area contributed by atoms with Crippen molar-refractivity contribution in [3.63, 3.8) is 0 Å². The van der Waals surface area contributed by atoms with Gasteiger partial charge >= 0.3 is 6.09 Å². The molecule has 0 saturated heterocycles. The van der Waals surface area contributed by atoms with Gasteiger partial charge in [-0.05, 0) is 44.4 Å². The number of carbonyl (C=O) groups excluding carboxylic acids is 1. The van der Waals surface area contributed by atoms with Crippen molar-refractivity contribution in [3.8, 4) is 0 Å². The van der Waals surface area contributed by atoms with Gasteiger partial charge in [0.2, 0.25) is 0 Å². The third kappa shape index (κ3) is 6.15. The highest BCUT2D eigenvalue weighted by Gasteiger charge is 2.47. The van der Waals surface area contributed by atoms with Gasteiger partial charge in [0.25, 0.3) is 0 Å². The average Bonchev–Trinajstić information content (AvgIpc) is 2.89. The Hall–Kier alpha value is -0.770. The molecular weight excluding hydrogens is 278 g/mol. The van der Waals surface area contributed by atoms with Gasteiger partial charge in [-0.25, -0.2) is 4.79 Å². The van der Waals surface area contributed by atoms with E-state index in [0.29, 0.717) is 6.61 Å². The Labute approximate surface area is 136 Å². The molecule has 1 saturated carbocycles. The summed E-state index contributed by atoms with van der Waals surface area (Å²) in [5.74, 6) is 0. The Morgan fingerprint density at radius 2 is 1.45 bits per heavy atom. The highest BCUT2D eigenvalue weighted by molar-refractivity contribution is 5.69. The van der Waals surface area contributed by atoms with Gasteiger partial charge in [0, 0.05) is 0 Å². The normalized spacial score (nSPS) is 18.3. The molecule has 0 heterocycles. The van der Waals surface area contributed by atoms with Crippen LogP contribution in [0, 0.1) is 10.8 Å². The summed E-state index contributed by atoms with van der Waals surface area (Å²) in [6, 6.07) is 0. The molecule has 0 radical (unpaired) electrons. The smallest absolute Gasteiger partial charge is 0.408 e. The number of rotatable bonds is 4. The van der Waals surface area contributed by atoms with Crippen LogP contribution in [0.3, 0.4) is 0 Å². The van der Waals surface area contributed by atoms with Crippen molar-refractivity contribution < 1.29 is 14.3 Å². The van der Waals surface area contributed by atoms with E-state index in [1.807, 2.05) is 20.8 Å². The zero-order valence-electron chi connectivity index (χ0n) is 15.9. The number of alkyl carbamates (subject to hydrolysis) is 1. The van der Waals surface area contributed by atoms with E-state index in [1.54, 1.807) is 0 Å². The lowest BCUT2D eigenvalue weighted by molar-refractivity contribution is -0.0904. The quantitative estimate of drug-likeness (QED) is 0.830. The van der Waals surface area contributed by atoms with E-state index in [0.717, 1.165) is 12.8 Å². The van der Waals surface area contributed by atoms with Gasteiger partial charge in [-0.2, -0.15) is 0 Å². The summed E-state index contributed by atoms with van der Waals surface area (Å²) in [5, 5.41) is 3.00. The first kappa shape index (κ1) is 19.3. The van der Waals surface area contributed by atoms with Crippen molar-refractivity contribution in [2.45, 2.75) is 92.4 Å². The molecule has 0 spiro atoms. The monoisotopic (exact) mass is 313 g/mol. The molecule has 130 valence electrons. The zero-order valence-corrected chi connectivity index (χ0v) is 15.9. The first-order valence-electron chi connectivity index (χ1n) is 8.27. The maximum absolute atomic E-state index is 12.0. The Morgan fingerprint density at radius 1 is 1.00 bits per heavy atom. The van der Waals surface area contributed by atoms with E-state index in [9.17, 15) is 4.79 Å². The number of hydrogen-bond acceptors (Lipinski definition) is 3. The molecule has 22 heavy (non-hydrogen) atoms. The summed E-state index contributed by atoms with van der Waals surface area (Å²) < 4.78 is 11.6. The maximum Gasteiger partial charge on any atom is 0.408 e. The van der Waals surface area contributed by atoms with E-state index in [1.165, 1.54) is 0 Å². The van der Waals surface area contributed by atoms with Crippen molar-refractivity contribution in [1.29, 1.82) is 0 Å². The molecule has 0 unspecified atom stereocenters. The molecule has 0 aromatic carbocycles. The summed E-state index contributed by atoms with van der Waals surface area (Å²) in [5.41, 5.74) is -0.599. The summed E-state index contributed by atoms with van der Waals surface area (Å²) in [6.07, 6.45) is 1.68. The van der Waals surface area contributed by atoms with E-state index in [4.69, 9.17) is 9.47 Å². The van der Waals surface area contributed by atoms with Gasteiger partial charge in [-0.15, -0.1) is 0 Å². The second-order valence-corrected chi connectivity index (χ2v) is 9.83. The van der Waals surface area contributed by atoms with Crippen LogP contribution in [0.4, 0.5) is 4.79 Å². The largest absolute Gasteiger partial charge is 0.444 e. The number of carbonyl (C=O) groups is 1. The minimum atomic E-state index is -0.472. The molecular formula is C18H35NO3. The van der Waals surface area contributed by atoms with Crippen LogP contribution in [0.5, 0.6) is 0 Å². The van der Waals surface area contributed by atoms with Crippen LogP contribution in [0.25, 0.3) is 0 Å². The van der Waals surface area contributed by atoms with Gasteiger partial charge in [0.1, 0.15) is 5.60 Å². The van der Waals surface area contributed by atoms with Gasteiger partial charge in [-0.1, -0.05) is 41.5 Å². The fraction of sp³-hybridized carbons (Fsp3) is 0.944. The molecule has 0 aromatic rings. The number of hydrogen-bond donors (Lipinski definition) is 1. The molecule has 0 bridgehead atoms. The molecule has 4 nitrogen and oxygen atoms in total. The zero-order chi connectivity index (χ0) is 17.4. The van der Waals surface area contributed by atoms with Crippen molar-refractivity contribution in [3.05, 3.63) is 0 Å². The van der Waals surface area contributed by atoms with Gasteiger partial charge in [0.15, 0.2) is 0 Å². The highest BCUT2D eigenvalue weighted by Crippen LogP contribution is 2.41. The molecule has 1 fully saturated rings. The number of amides is 1. The first-order valence-corrected chi connectivity index (χ1v) is 8.27. The third-order valence-electron chi connectivity index (χ3n) is 3.72. The fourth-order valence-electron chi connectivity index (χ4n) is 3.02. The minimum absolute atomic E-state index is 0.0558. The van der Waals surface area contributed by atoms with Crippen LogP contribution < -0.4 is 5.32 Å². The van der Waals surface area contributed by atoms with E-state index in [-0.39, 0.29) is 28.6 Å². The highest BCUT2D eigenvalue weighted by atomic mass is 16.6. The molecule has 0 aliphatic heterocycles. The Balaban J connectivity index is 2.61. The molecule has 1 N–H and O–H groups in total. The lowest BCUT2D eigenvalue weighted by Gasteiger charge is -2.41. The summed E-state index contributed by atoms with van der Waals surface area (Å²) in [4.78, 5) is 12.0. The van der Waals surface area contributed by atoms with E-state index in [2.05, 4.69) is 46.9 Å². The van der Waals surface area contributed by atoms with E-state index >= 15 is 0 Å². The summed E-state index contributed by atoms with van der Waals surface area (Å²) in [6.45, 7) is 19.4. The van der Waals surface area contributed by atoms with Gasteiger partial charge in [-0.3, -0.25) is 0 Å². The summed E-state index contributed by atoms with van der Waals surface area (Å²) >= 11 is 0. The van der Waals surface area contributed by atoms with Gasteiger partial charge < -0.3 is 14.8 Å². The molecule has 4 heteroatoms. The Kier molecular flexibility index (Phi) is 5.28. The Morgan fingerprint density at radius 3 is 1.77 bits per heavy atom. The predicted molar refractivity (Wildman–Crippen MR) is 90.0 cm³/mol. The van der Waals surface area contributed by atoms with Crippen molar-refractivity contribution in [2.75, 3.05) is 6.61 Å². The van der Waals surface area contributed by atoms with Crippen LogP contribution in [0.15, 0.2) is 0 Å². The van der Waals surface area contributed by atoms with Crippen molar-refractivity contribution in [2.24, 2.45) is 10.8 Å².